The number of hydrogen-bond donors (Lipinski definition) is 3. The van der Waals surface area contributed by atoms with Gasteiger partial charge in [-0.15, -0.1) is 0 Å². The zero-order valence-corrected chi connectivity index (χ0v) is 13.1. The van der Waals surface area contributed by atoms with Gasteiger partial charge in [0, 0.05) is 12.1 Å². The molecular weight excluding hydrogens is 252 g/mol. The maximum Gasteiger partial charge on any atom is 0.269 e. The van der Waals surface area contributed by atoms with Crippen molar-refractivity contribution in [2.45, 2.75) is 46.6 Å². The molecule has 3 N–H and O–H groups in total. The number of carbonyl (C=O) groups is 1. The third kappa shape index (κ3) is 9.28. The number of benzene rings is 1. The molecule has 0 fully saturated rings. The van der Waals surface area contributed by atoms with Crippen LogP contribution >= 0.6 is 0 Å². The van der Waals surface area contributed by atoms with Gasteiger partial charge < -0.3 is 10.4 Å². The van der Waals surface area contributed by atoms with Crippen molar-refractivity contribution >= 4 is 11.6 Å². The lowest BCUT2D eigenvalue weighted by Crippen LogP contribution is -2.31. The van der Waals surface area contributed by atoms with Crippen LogP contribution in [0.3, 0.4) is 0 Å². The van der Waals surface area contributed by atoms with Crippen LogP contribution in [0.1, 0.15) is 45.2 Å². The van der Waals surface area contributed by atoms with Gasteiger partial charge in [-0.05, 0) is 34.1 Å². The standard InChI is InChI=1S/C12H16N2O.C4H10O/c1-3-8-14-12(15)11(13)10-6-4-9(2)5-7-10;1-4(2,3)5/h4-7,13H,3,8H2,1-2H3,(H,14,15);5H,1-3H3. The van der Waals surface area contributed by atoms with E-state index in [0.29, 0.717) is 12.1 Å². The molecule has 0 aromatic heterocycles. The van der Waals surface area contributed by atoms with Gasteiger partial charge in [0.2, 0.25) is 0 Å². The first-order chi connectivity index (χ1) is 9.15. The van der Waals surface area contributed by atoms with Crippen molar-refractivity contribution in [2.24, 2.45) is 0 Å². The summed E-state index contributed by atoms with van der Waals surface area (Å²) < 4.78 is 0. The SMILES string of the molecule is CC(C)(C)O.CCCNC(=O)C(=N)c1ccc(C)cc1. The quantitative estimate of drug-likeness (QED) is 0.741. The first-order valence-electron chi connectivity index (χ1n) is 6.81. The van der Waals surface area contributed by atoms with Crippen LogP contribution in [0, 0.1) is 12.3 Å². The van der Waals surface area contributed by atoms with E-state index < -0.39 is 5.60 Å². The largest absolute Gasteiger partial charge is 0.391 e. The highest BCUT2D eigenvalue weighted by atomic mass is 16.3. The molecule has 0 aliphatic rings. The van der Waals surface area contributed by atoms with Crippen molar-refractivity contribution in [1.82, 2.24) is 5.32 Å². The van der Waals surface area contributed by atoms with Gasteiger partial charge in [-0.2, -0.15) is 0 Å². The van der Waals surface area contributed by atoms with E-state index in [1.54, 1.807) is 32.9 Å². The van der Waals surface area contributed by atoms with E-state index in [9.17, 15) is 4.79 Å². The summed E-state index contributed by atoms with van der Waals surface area (Å²) in [6.45, 7) is 9.81. The number of nitrogens with one attached hydrogen (secondary N) is 2. The summed E-state index contributed by atoms with van der Waals surface area (Å²) in [7, 11) is 0. The van der Waals surface area contributed by atoms with Crippen molar-refractivity contribution < 1.29 is 9.90 Å². The molecule has 0 atom stereocenters. The minimum Gasteiger partial charge on any atom is -0.391 e. The van der Waals surface area contributed by atoms with E-state index in [0.717, 1.165) is 12.0 Å². The van der Waals surface area contributed by atoms with E-state index in [-0.39, 0.29) is 11.6 Å². The number of aryl methyl sites for hydroxylation is 1. The summed E-state index contributed by atoms with van der Waals surface area (Å²) in [5, 5.41) is 18.9. The van der Waals surface area contributed by atoms with Crippen molar-refractivity contribution in [1.29, 1.82) is 5.41 Å². The predicted molar refractivity (Wildman–Crippen MR) is 83.3 cm³/mol. The molecule has 0 unspecified atom stereocenters. The van der Waals surface area contributed by atoms with Gasteiger partial charge in [0.25, 0.3) is 5.91 Å². The Morgan fingerprint density at radius 3 is 2.10 bits per heavy atom. The second-order valence-corrected chi connectivity index (χ2v) is 5.67. The lowest BCUT2D eigenvalue weighted by atomic mass is 10.1. The van der Waals surface area contributed by atoms with Crippen LogP contribution in [-0.2, 0) is 4.79 Å². The van der Waals surface area contributed by atoms with Crippen LogP contribution in [0.2, 0.25) is 0 Å². The summed E-state index contributed by atoms with van der Waals surface area (Å²) >= 11 is 0. The number of amides is 1. The summed E-state index contributed by atoms with van der Waals surface area (Å²) in [4.78, 5) is 11.5. The first kappa shape index (κ1) is 18.3. The number of rotatable bonds is 4. The van der Waals surface area contributed by atoms with Crippen molar-refractivity contribution in [3.63, 3.8) is 0 Å². The molecule has 0 saturated carbocycles. The van der Waals surface area contributed by atoms with Crippen LogP contribution in [0.15, 0.2) is 24.3 Å². The lowest BCUT2D eigenvalue weighted by molar-refractivity contribution is -0.114. The second kappa shape index (κ2) is 8.48. The molecule has 0 spiro atoms. The van der Waals surface area contributed by atoms with Gasteiger partial charge in [-0.1, -0.05) is 36.8 Å². The smallest absolute Gasteiger partial charge is 0.269 e. The Balaban J connectivity index is 0.000000621. The maximum absolute atomic E-state index is 11.5. The molecule has 0 radical (unpaired) electrons. The fourth-order valence-corrected chi connectivity index (χ4v) is 1.18. The Bertz CT molecular complexity index is 425. The minimum absolute atomic E-state index is 0.0310. The van der Waals surface area contributed by atoms with Crippen LogP contribution < -0.4 is 5.32 Å². The number of aliphatic hydroxyl groups is 1. The molecule has 0 aliphatic heterocycles. The maximum atomic E-state index is 11.5. The van der Waals surface area contributed by atoms with Crippen LogP contribution in [0.4, 0.5) is 0 Å². The van der Waals surface area contributed by atoms with E-state index >= 15 is 0 Å². The first-order valence-corrected chi connectivity index (χ1v) is 6.81. The van der Waals surface area contributed by atoms with E-state index in [4.69, 9.17) is 10.5 Å². The van der Waals surface area contributed by atoms with Crippen molar-refractivity contribution in [3.05, 3.63) is 35.4 Å². The molecule has 0 aliphatic carbocycles. The third-order valence-electron chi connectivity index (χ3n) is 2.10. The molecular formula is C16H26N2O2. The van der Waals surface area contributed by atoms with E-state index in [2.05, 4.69) is 5.32 Å². The van der Waals surface area contributed by atoms with Crippen LogP contribution in [-0.4, -0.2) is 28.9 Å². The molecule has 0 heterocycles. The Hall–Kier alpha value is -1.68. The predicted octanol–water partition coefficient (Wildman–Crippen LogP) is 2.67. The van der Waals surface area contributed by atoms with Gasteiger partial charge in [-0.3, -0.25) is 10.2 Å². The number of carbonyl (C=O) groups excluding carboxylic acids is 1. The highest BCUT2D eigenvalue weighted by molar-refractivity contribution is 6.44. The van der Waals surface area contributed by atoms with Gasteiger partial charge in [0.1, 0.15) is 5.71 Å². The van der Waals surface area contributed by atoms with E-state index in [1.165, 1.54) is 0 Å². The Morgan fingerprint density at radius 1 is 1.25 bits per heavy atom. The molecule has 1 aromatic carbocycles. The summed E-state index contributed by atoms with van der Waals surface area (Å²) in [6.07, 6.45) is 0.882. The molecule has 0 bridgehead atoms. The average molecular weight is 278 g/mol. The van der Waals surface area contributed by atoms with Crippen molar-refractivity contribution in [3.8, 4) is 0 Å². The molecule has 1 rings (SSSR count). The normalized spacial score (nSPS) is 10.3. The fourth-order valence-electron chi connectivity index (χ4n) is 1.18. The highest BCUT2D eigenvalue weighted by Crippen LogP contribution is 2.03. The zero-order valence-electron chi connectivity index (χ0n) is 13.1. The molecule has 112 valence electrons. The summed E-state index contributed by atoms with van der Waals surface area (Å²) in [6, 6.07) is 7.39. The molecule has 20 heavy (non-hydrogen) atoms. The van der Waals surface area contributed by atoms with Gasteiger partial charge >= 0.3 is 0 Å². The van der Waals surface area contributed by atoms with Crippen molar-refractivity contribution in [2.75, 3.05) is 6.54 Å². The molecule has 0 saturated heterocycles. The molecule has 4 heteroatoms. The van der Waals surface area contributed by atoms with E-state index in [1.807, 2.05) is 26.0 Å². The Kier molecular flexibility index (Phi) is 7.77. The van der Waals surface area contributed by atoms with Crippen LogP contribution in [0.25, 0.3) is 0 Å². The third-order valence-corrected chi connectivity index (χ3v) is 2.10. The summed E-state index contributed by atoms with van der Waals surface area (Å²) in [5.41, 5.74) is 1.32. The second-order valence-electron chi connectivity index (χ2n) is 5.67. The van der Waals surface area contributed by atoms with Crippen LogP contribution in [0.5, 0.6) is 0 Å². The van der Waals surface area contributed by atoms with Gasteiger partial charge in [-0.25, -0.2) is 0 Å². The highest BCUT2D eigenvalue weighted by Gasteiger charge is 2.09. The van der Waals surface area contributed by atoms with Gasteiger partial charge in [0.15, 0.2) is 0 Å². The fraction of sp³-hybridized carbons (Fsp3) is 0.500. The molecule has 1 amide bonds. The van der Waals surface area contributed by atoms with Gasteiger partial charge in [0.05, 0.1) is 5.60 Å². The zero-order chi connectivity index (χ0) is 15.8. The monoisotopic (exact) mass is 278 g/mol. The Morgan fingerprint density at radius 2 is 1.70 bits per heavy atom. The molecule has 4 nitrogen and oxygen atoms in total. The molecule has 1 aromatic rings. The average Bonchev–Trinajstić information content (AvgIpc) is 2.34. The lowest BCUT2D eigenvalue weighted by Gasteiger charge is -2.05. The minimum atomic E-state index is -0.500. The Labute approximate surface area is 121 Å². The summed E-state index contributed by atoms with van der Waals surface area (Å²) in [5.74, 6) is -0.305. The topological polar surface area (TPSA) is 73.2 Å². The number of hydrogen-bond acceptors (Lipinski definition) is 3.